The second-order valence-corrected chi connectivity index (χ2v) is 3.77. The van der Waals surface area contributed by atoms with E-state index in [1.54, 1.807) is 0 Å². The van der Waals surface area contributed by atoms with Crippen LogP contribution in [0.4, 0.5) is 0 Å². The molecule has 0 rings (SSSR count). The monoisotopic (exact) mass is 241 g/mol. The predicted molar refractivity (Wildman–Crippen MR) is 33.6 cm³/mol. The summed E-state index contributed by atoms with van der Waals surface area (Å²) in [5.41, 5.74) is 0. The van der Waals surface area contributed by atoms with Crippen molar-refractivity contribution in [2.24, 2.45) is 0 Å². The van der Waals surface area contributed by atoms with Gasteiger partial charge in [0.15, 0.2) is 0 Å². The summed E-state index contributed by atoms with van der Waals surface area (Å²) in [6.07, 6.45) is 7.27. The molecule has 0 unspecified atom stereocenters. The average molecular weight is 243 g/mol. The molecule has 0 atom stereocenters. The fourth-order valence-electron chi connectivity index (χ4n) is 0.729. The zero-order valence-electron chi connectivity index (χ0n) is 5.74. The Balaban J connectivity index is 2.53. The minimum atomic E-state index is 1.38. The Hall–Kier alpha value is 1.35. The van der Waals surface area contributed by atoms with Crippen molar-refractivity contribution >= 4 is 0 Å². The van der Waals surface area contributed by atoms with Crippen LogP contribution in [0.1, 0.15) is 39.0 Å². The molecule has 0 saturated heterocycles. The number of rotatable bonds is 5. The first-order valence-electron chi connectivity index (χ1n) is 3.56. The maximum atomic E-state index is 2.26. The SMILES string of the molecule is CCCCCC[CH2][Nd]. The summed E-state index contributed by atoms with van der Waals surface area (Å²) in [5.74, 6) is 0. The van der Waals surface area contributed by atoms with Gasteiger partial charge in [0.2, 0.25) is 0 Å². The second kappa shape index (κ2) is 8.35. The first-order valence-corrected chi connectivity index (χ1v) is 5.83. The molecular formula is C7H15Nd. The Morgan fingerprint density at radius 2 is 1.62 bits per heavy atom. The zero-order valence-corrected chi connectivity index (χ0v) is 8.95. The Bertz CT molecular complexity index is 29.4. The summed E-state index contributed by atoms with van der Waals surface area (Å²) in [5, 5.41) is 0. The molecule has 0 amide bonds. The van der Waals surface area contributed by atoms with E-state index in [1.165, 1.54) is 72.9 Å². The van der Waals surface area contributed by atoms with E-state index in [0.29, 0.717) is 0 Å². The molecule has 8 heavy (non-hydrogen) atoms. The first kappa shape index (κ1) is 9.35. The molecule has 1 heteroatoms. The molecule has 0 fully saturated rings. The van der Waals surface area contributed by atoms with Crippen molar-refractivity contribution < 1.29 is 38.8 Å². The van der Waals surface area contributed by atoms with Gasteiger partial charge in [-0.2, -0.15) is 0 Å². The molecular weight excluding hydrogens is 228 g/mol. The van der Waals surface area contributed by atoms with E-state index in [0.717, 1.165) is 0 Å². The molecule has 0 aromatic carbocycles. The average Bonchev–Trinajstić information content (AvgIpc) is 1.81. The third kappa shape index (κ3) is 7.35. The van der Waals surface area contributed by atoms with Gasteiger partial charge < -0.3 is 0 Å². The van der Waals surface area contributed by atoms with Crippen LogP contribution < -0.4 is 0 Å². The number of hydrogen-bond acceptors (Lipinski definition) is 0. The van der Waals surface area contributed by atoms with Crippen LogP contribution in [0.25, 0.3) is 0 Å². The summed E-state index contributed by atoms with van der Waals surface area (Å²) in [7, 11) is 0. The Labute approximate surface area is 79.0 Å². The van der Waals surface area contributed by atoms with E-state index < -0.39 is 0 Å². The van der Waals surface area contributed by atoms with Gasteiger partial charge in [-0.3, -0.25) is 0 Å². The van der Waals surface area contributed by atoms with Crippen LogP contribution in [0.5, 0.6) is 0 Å². The van der Waals surface area contributed by atoms with Crippen LogP contribution in [0.2, 0.25) is 2.07 Å². The summed E-state index contributed by atoms with van der Waals surface area (Å²) >= 11 is 1.41. The van der Waals surface area contributed by atoms with Gasteiger partial charge in [-0.15, -0.1) is 0 Å². The summed E-state index contributed by atoms with van der Waals surface area (Å²) in [6.45, 7) is 2.26. The van der Waals surface area contributed by atoms with Gasteiger partial charge in [-0.1, -0.05) is 0 Å². The molecule has 47 valence electrons. The third-order valence-electron chi connectivity index (χ3n) is 1.28. The van der Waals surface area contributed by atoms with Crippen LogP contribution >= 0.6 is 0 Å². The van der Waals surface area contributed by atoms with Crippen LogP contribution in [0.15, 0.2) is 0 Å². The van der Waals surface area contributed by atoms with Crippen molar-refractivity contribution in [2.45, 2.75) is 41.1 Å². The molecule has 0 aromatic rings. The van der Waals surface area contributed by atoms with Crippen LogP contribution in [-0.4, -0.2) is 0 Å². The summed E-state index contributed by atoms with van der Waals surface area (Å²) in [4.78, 5) is 0. The van der Waals surface area contributed by atoms with Crippen molar-refractivity contribution in [3.63, 3.8) is 0 Å². The molecule has 0 aliphatic heterocycles. The van der Waals surface area contributed by atoms with E-state index in [2.05, 4.69) is 6.92 Å². The fourth-order valence-corrected chi connectivity index (χ4v) is 1.53. The normalized spacial score (nSPS) is 9.50. The Kier molecular flexibility index (Phi) is 9.76. The van der Waals surface area contributed by atoms with Gasteiger partial charge in [0.25, 0.3) is 0 Å². The quantitative estimate of drug-likeness (QED) is 0.651. The third-order valence-corrected chi connectivity index (χ3v) is 2.41. The second-order valence-electron chi connectivity index (χ2n) is 2.16. The van der Waals surface area contributed by atoms with E-state index in [9.17, 15) is 0 Å². The zero-order chi connectivity index (χ0) is 6.24. The van der Waals surface area contributed by atoms with Gasteiger partial charge >= 0.3 is 79.9 Å². The molecule has 0 nitrogen and oxygen atoms in total. The van der Waals surface area contributed by atoms with E-state index in [4.69, 9.17) is 0 Å². The maximum absolute atomic E-state index is 2.26. The molecule has 0 aliphatic rings. The van der Waals surface area contributed by atoms with E-state index in [-0.39, 0.29) is 0 Å². The van der Waals surface area contributed by atoms with Gasteiger partial charge in [0, 0.05) is 0 Å². The molecule has 0 saturated carbocycles. The van der Waals surface area contributed by atoms with Crippen LogP contribution in [0.3, 0.4) is 0 Å². The fraction of sp³-hybridized carbons (Fsp3) is 1.00. The number of unbranched alkanes of at least 4 members (excludes halogenated alkanes) is 4. The molecule has 0 heterocycles. The van der Waals surface area contributed by atoms with Gasteiger partial charge in [0.1, 0.15) is 0 Å². The summed E-state index contributed by atoms with van der Waals surface area (Å²) < 4.78 is 1.50. The van der Waals surface area contributed by atoms with E-state index in [1.807, 2.05) is 0 Å². The predicted octanol–water partition coefficient (Wildman–Crippen LogP) is 2.92. The van der Waals surface area contributed by atoms with Gasteiger partial charge in [-0.05, 0) is 0 Å². The van der Waals surface area contributed by atoms with Crippen molar-refractivity contribution in [1.82, 2.24) is 0 Å². The van der Waals surface area contributed by atoms with Crippen molar-refractivity contribution in [2.75, 3.05) is 0 Å². The van der Waals surface area contributed by atoms with Crippen molar-refractivity contribution in [3.8, 4) is 0 Å². The molecule has 0 bridgehead atoms. The van der Waals surface area contributed by atoms with Crippen molar-refractivity contribution in [3.05, 3.63) is 0 Å². The molecule has 0 aromatic heterocycles. The van der Waals surface area contributed by atoms with E-state index >= 15 is 0 Å². The molecule has 0 radical (unpaired) electrons. The summed E-state index contributed by atoms with van der Waals surface area (Å²) in [6, 6.07) is 0. The number of hydrogen-bond donors (Lipinski definition) is 0. The molecule has 0 aliphatic carbocycles. The molecule has 0 N–H and O–H groups in total. The van der Waals surface area contributed by atoms with Crippen molar-refractivity contribution in [1.29, 1.82) is 0 Å². The standard InChI is InChI=1S/C7H15.Nd/c1-3-5-7-6-4-2;/h1,3-7H2,2H3;. The van der Waals surface area contributed by atoms with Crippen LogP contribution in [-0.2, 0) is 0 Å². The molecule has 0 spiro atoms. The topological polar surface area (TPSA) is 0 Å². The van der Waals surface area contributed by atoms with Crippen LogP contribution in [0, 0.1) is 38.8 Å². The van der Waals surface area contributed by atoms with Gasteiger partial charge in [-0.25, -0.2) is 0 Å². The Morgan fingerprint density at radius 3 is 2.12 bits per heavy atom. The Morgan fingerprint density at radius 1 is 1.00 bits per heavy atom. The first-order chi connectivity index (χ1) is 3.91. The van der Waals surface area contributed by atoms with Gasteiger partial charge in [0.05, 0.1) is 0 Å². The minimum absolute atomic E-state index is 1.38.